The first-order valence-electron chi connectivity index (χ1n) is 11.7. The van der Waals surface area contributed by atoms with Crippen molar-refractivity contribution in [1.29, 1.82) is 0 Å². The lowest BCUT2D eigenvalue weighted by Gasteiger charge is -2.38. The zero-order chi connectivity index (χ0) is 23.0. The van der Waals surface area contributed by atoms with Crippen LogP contribution in [0, 0.1) is 5.92 Å². The molecule has 0 aromatic carbocycles. The average Bonchev–Trinajstić information content (AvgIpc) is 2.82. The van der Waals surface area contributed by atoms with Gasteiger partial charge < -0.3 is 19.7 Å². The van der Waals surface area contributed by atoms with E-state index in [0.29, 0.717) is 45.6 Å². The summed E-state index contributed by atoms with van der Waals surface area (Å²) >= 11 is 0. The van der Waals surface area contributed by atoms with Gasteiger partial charge in [0.1, 0.15) is 0 Å². The van der Waals surface area contributed by atoms with Gasteiger partial charge in [0.2, 0.25) is 5.91 Å². The molecule has 0 bridgehead atoms. The number of hydrogen-bond acceptors (Lipinski definition) is 7. The third kappa shape index (κ3) is 6.77. The SMILES string of the molecule is CCOC(=O)N1CCN(S(=O)(=O)N2CCC[C@H](C(=O)NCCCN3CCOCC3)C2)CC1. The zero-order valence-electron chi connectivity index (χ0n) is 19.0. The summed E-state index contributed by atoms with van der Waals surface area (Å²) in [5.74, 6) is -0.401. The van der Waals surface area contributed by atoms with Gasteiger partial charge in [0.25, 0.3) is 10.2 Å². The first-order valence-corrected chi connectivity index (χ1v) is 13.1. The van der Waals surface area contributed by atoms with Crippen LogP contribution >= 0.6 is 0 Å². The minimum atomic E-state index is -3.66. The van der Waals surface area contributed by atoms with E-state index in [9.17, 15) is 18.0 Å². The third-order valence-electron chi connectivity index (χ3n) is 6.23. The molecule has 3 rings (SSSR count). The molecule has 2 amide bonds. The Labute approximate surface area is 191 Å². The fourth-order valence-corrected chi connectivity index (χ4v) is 6.01. The van der Waals surface area contributed by atoms with Gasteiger partial charge >= 0.3 is 6.09 Å². The van der Waals surface area contributed by atoms with Crippen molar-refractivity contribution >= 4 is 22.2 Å². The molecule has 32 heavy (non-hydrogen) atoms. The maximum absolute atomic E-state index is 13.1. The smallest absolute Gasteiger partial charge is 0.409 e. The van der Waals surface area contributed by atoms with Crippen LogP contribution in [0.5, 0.6) is 0 Å². The van der Waals surface area contributed by atoms with E-state index < -0.39 is 16.3 Å². The van der Waals surface area contributed by atoms with Gasteiger partial charge in [0, 0.05) is 58.9 Å². The second kappa shape index (κ2) is 12.1. The van der Waals surface area contributed by atoms with Gasteiger partial charge in [-0.3, -0.25) is 9.69 Å². The summed E-state index contributed by atoms with van der Waals surface area (Å²) in [5.41, 5.74) is 0. The molecule has 3 saturated heterocycles. The number of hydrogen-bond donors (Lipinski definition) is 1. The summed E-state index contributed by atoms with van der Waals surface area (Å²) in [7, 11) is -3.66. The lowest BCUT2D eigenvalue weighted by molar-refractivity contribution is -0.126. The van der Waals surface area contributed by atoms with E-state index in [0.717, 1.165) is 39.3 Å². The number of carbonyl (C=O) groups excluding carboxylic acids is 2. The Kier molecular flexibility index (Phi) is 9.53. The molecule has 0 spiro atoms. The van der Waals surface area contributed by atoms with Crippen LogP contribution in [0.25, 0.3) is 0 Å². The van der Waals surface area contributed by atoms with E-state index in [1.165, 1.54) is 13.5 Å². The molecule has 1 N–H and O–H groups in total. The highest BCUT2D eigenvalue weighted by Crippen LogP contribution is 2.22. The van der Waals surface area contributed by atoms with E-state index in [1.54, 1.807) is 6.92 Å². The molecule has 3 fully saturated rings. The van der Waals surface area contributed by atoms with Crippen molar-refractivity contribution in [1.82, 2.24) is 23.7 Å². The molecule has 0 aliphatic carbocycles. The molecule has 0 unspecified atom stereocenters. The van der Waals surface area contributed by atoms with Gasteiger partial charge in [-0.25, -0.2) is 4.79 Å². The van der Waals surface area contributed by atoms with E-state index >= 15 is 0 Å². The zero-order valence-corrected chi connectivity index (χ0v) is 19.9. The van der Waals surface area contributed by atoms with Crippen LogP contribution in [-0.2, 0) is 24.5 Å². The van der Waals surface area contributed by atoms with Gasteiger partial charge in [-0.05, 0) is 32.7 Å². The summed E-state index contributed by atoms with van der Waals surface area (Å²) < 4.78 is 39.4. The Morgan fingerprint density at radius 1 is 1.03 bits per heavy atom. The van der Waals surface area contributed by atoms with Crippen molar-refractivity contribution in [2.75, 3.05) is 85.3 Å². The number of nitrogens with zero attached hydrogens (tertiary/aromatic N) is 4. The largest absolute Gasteiger partial charge is 0.450 e. The summed E-state index contributed by atoms with van der Waals surface area (Å²) in [4.78, 5) is 28.3. The predicted octanol–water partition coefficient (Wildman–Crippen LogP) is -0.444. The highest BCUT2D eigenvalue weighted by atomic mass is 32.2. The van der Waals surface area contributed by atoms with Crippen LogP contribution in [0.2, 0.25) is 0 Å². The molecule has 184 valence electrons. The summed E-state index contributed by atoms with van der Waals surface area (Å²) in [5, 5.41) is 2.98. The summed E-state index contributed by atoms with van der Waals surface area (Å²) in [6.45, 7) is 8.62. The standard InChI is InChI=1S/C20H37N5O6S/c1-2-31-20(27)23-9-11-24(12-10-23)32(28,29)25-8-3-5-18(17-25)19(26)21-6-4-7-22-13-15-30-16-14-22/h18H,2-17H2,1H3,(H,21,26)/t18-/m0/s1. The Hall–Kier alpha value is -1.47. The fourth-order valence-electron chi connectivity index (χ4n) is 4.33. The fraction of sp³-hybridized carbons (Fsp3) is 0.900. The van der Waals surface area contributed by atoms with E-state index in [4.69, 9.17) is 9.47 Å². The normalized spacial score (nSPS) is 24.3. The Balaban J connectivity index is 1.42. The number of nitrogens with one attached hydrogen (secondary N) is 1. The monoisotopic (exact) mass is 475 g/mol. The van der Waals surface area contributed by atoms with Crippen molar-refractivity contribution in [2.24, 2.45) is 5.92 Å². The van der Waals surface area contributed by atoms with Gasteiger partial charge in [-0.15, -0.1) is 0 Å². The maximum atomic E-state index is 13.1. The van der Waals surface area contributed by atoms with Gasteiger partial charge in [-0.1, -0.05) is 0 Å². The van der Waals surface area contributed by atoms with Gasteiger partial charge in [0.15, 0.2) is 0 Å². The molecule has 11 nitrogen and oxygen atoms in total. The number of rotatable bonds is 8. The second-order valence-corrected chi connectivity index (χ2v) is 10.3. The van der Waals surface area contributed by atoms with Crippen LogP contribution in [0.1, 0.15) is 26.2 Å². The van der Waals surface area contributed by atoms with Crippen LogP contribution in [-0.4, -0.2) is 124 Å². The number of ether oxygens (including phenoxy) is 2. The van der Waals surface area contributed by atoms with E-state index in [2.05, 4.69) is 10.2 Å². The van der Waals surface area contributed by atoms with Crippen molar-refractivity contribution in [3.05, 3.63) is 0 Å². The van der Waals surface area contributed by atoms with Crippen molar-refractivity contribution < 1.29 is 27.5 Å². The first kappa shape index (κ1) is 25.2. The molecule has 0 aromatic rings. The lowest BCUT2D eigenvalue weighted by Crippen LogP contribution is -2.56. The number of carbonyl (C=O) groups is 2. The summed E-state index contributed by atoms with van der Waals surface area (Å²) in [6, 6.07) is 0. The van der Waals surface area contributed by atoms with Crippen LogP contribution < -0.4 is 5.32 Å². The van der Waals surface area contributed by atoms with E-state index in [1.807, 2.05) is 0 Å². The highest BCUT2D eigenvalue weighted by molar-refractivity contribution is 7.86. The van der Waals surface area contributed by atoms with Gasteiger partial charge in [0.05, 0.1) is 25.7 Å². The number of amides is 2. The highest BCUT2D eigenvalue weighted by Gasteiger charge is 2.37. The van der Waals surface area contributed by atoms with Crippen LogP contribution in [0.15, 0.2) is 0 Å². The first-order chi connectivity index (χ1) is 15.4. The van der Waals surface area contributed by atoms with Crippen molar-refractivity contribution in [3.63, 3.8) is 0 Å². The number of piperidine rings is 1. The van der Waals surface area contributed by atoms with Gasteiger partial charge in [-0.2, -0.15) is 17.0 Å². The van der Waals surface area contributed by atoms with E-state index in [-0.39, 0.29) is 31.5 Å². The average molecular weight is 476 g/mol. The minimum absolute atomic E-state index is 0.0704. The molecule has 1 atom stereocenters. The molecular formula is C20H37N5O6S. The Morgan fingerprint density at radius 2 is 1.75 bits per heavy atom. The molecule has 0 radical (unpaired) electrons. The van der Waals surface area contributed by atoms with Crippen molar-refractivity contribution in [3.8, 4) is 0 Å². The minimum Gasteiger partial charge on any atom is -0.450 e. The molecule has 0 saturated carbocycles. The second-order valence-electron chi connectivity index (χ2n) is 8.39. The van der Waals surface area contributed by atoms with Crippen molar-refractivity contribution in [2.45, 2.75) is 26.2 Å². The quantitative estimate of drug-likeness (QED) is 0.474. The molecule has 3 aliphatic rings. The molecule has 3 aliphatic heterocycles. The summed E-state index contributed by atoms with van der Waals surface area (Å²) in [6.07, 6.45) is 1.81. The molecule has 3 heterocycles. The van der Waals surface area contributed by atoms with Crippen LogP contribution in [0.4, 0.5) is 4.79 Å². The lowest BCUT2D eigenvalue weighted by atomic mass is 9.99. The third-order valence-corrected chi connectivity index (χ3v) is 8.23. The molecule has 12 heteroatoms. The number of morpholine rings is 1. The Bertz CT molecular complexity index is 722. The molecular weight excluding hydrogens is 438 g/mol. The predicted molar refractivity (Wildman–Crippen MR) is 118 cm³/mol. The Morgan fingerprint density at radius 3 is 2.44 bits per heavy atom. The number of piperazine rings is 1. The van der Waals surface area contributed by atoms with Crippen LogP contribution in [0.3, 0.4) is 0 Å². The maximum Gasteiger partial charge on any atom is 0.409 e. The molecule has 0 aromatic heterocycles. The topological polar surface area (TPSA) is 112 Å².